The first-order chi connectivity index (χ1) is 19.3. The van der Waals surface area contributed by atoms with Crippen LogP contribution in [0.4, 0.5) is 0 Å². The van der Waals surface area contributed by atoms with Crippen molar-refractivity contribution in [3.8, 4) is 11.5 Å². The van der Waals surface area contributed by atoms with Crippen LogP contribution in [-0.4, -0.2) is 0 Å². The van der Waals surface area contributed by atoms with Gasteiger partial charge >= 0.3 is 0 Å². The van der Waals surface area contributed by atoms with Crippen LogP contribution in [0, 0.1) is 0 Å². The second kappa shape index (κ2) is 24.1. The molecule has 1 heteroatoms. The molecule has 2 aromatic carbocycles. The molecule has 0 aliphatic heterocycles. The van der Waals surface area contributed by atoms with Crippen molar-refractivity contribution in [3.05, 3.63) is 59.7 Å². The van der Waals surface area contributed by atoms with Gasteiger partial charge in [0.15, 0.2) is 0 Å². The van der Waals surface area contributed by atoms with Gasteiger partial charge in [-0.15, -0.1) is 0 Å². The van der Waals surface area contributed by atoms with E-state index in [4.69, 9.17) is 4.74 Å². The van der Waals surface area contributed by atoms with E-state index in [2.05, 4.69) is 62.4 Å². The summed E-state index contributed by atoms with van der Waals surface area (Å²) < 4.78 is 6.54. The second-order valence-electron chi connectivity index (χ2n) is 11.9. The molecule has 0 saturated carbocycles. The molecule has 2 aromatic rings. The van der Waals surface area contributed by atoms with Gasteiger partial charge in [0.05, 0.1) is 0 Å². The Morgan fingerprint density at radius 3 is 0.974 bits per heavy atom. The summed E-state index contributed by atoms with van der Waals surface area (Å²) in [6.07, 6.45) is 32.8. The molecule has 0 spiro atoms. The molecule has 0 fully saturated rings. The quantitative estimate of drug-likeness (QED) is 0.109. The summed E-state index contributed by atoms with van der Waals surface area (Å²) in [4.78, 5) is 0. The van der Waals surface area contributed by atoms with Gasteiger partial charge < -0.3 is 4.74 Å². The van der Waals surface area contributed by atoms with Crippen LogP contribution in [0.25, 0.3) is 0 Å². The number of rotatable bonds is 26. The lowest BCUT2D eigenvalue weighted by Crippen LogP contribution is -1.96. The predicted octanol–water partition coefficient (Wildman–Crippen LogP) is 13.2. The fraction of sp³-hybridized carbons (Fsp3) is 0.684. The Labute approximate surface area is 243 Å². The SMILES string of the molecule is CCCCCCCCCCCCCc1ccccc1Oc1ccccc1CCCCCCCCCCCCC. The molecule has 0 heterocycles. The average molecular weight is 535 g/mol. The zero-order valence-corrected chi connectivity index (χ0v) is 26.0. The van der Waals surface area contributed by atoms with Crippen molar-refractivity contribution < 1.29 is 4.74 Å². The number of ether oxygens (including phenoxy) is 1. The molecule has 2 rings (SSSR count). The maximum Gasteiger partial charge on any atom is 0.130 e. The molecule has 39 heavy (non-hydrogen) atoms. The van der Waals surface area contributed by atoms with E-state index in [0.29, 0.717) is 0 Å². The van der Waals surface area contributed by atoms with E-state index < -0.39 is 0 Å². The summed E-state index contributed by atoms with van der Waals surface area (Å²) in [5.74, 6) is 2.10. The van der Waals surface area contributed by atoms with Gasteiger partial charge in [-0.1, -0.05) is 179 Å². The van der Waals surface area contributed by atoms with Crippen LogP contribution >= 0.6 is 0 Å². The van der Waals surface area contributed by atoms with Crippen LogP contribution in [0.3, 0.4) is 0 Å². The van der Waals surface area contributed by atoms with Gasteiger partial charge in [0, 0.05) is 0 Å². The average Bonchev–Trinajstić information content (AvgIpc) is 2.96. The first kappa shape index (κ1) is 33.4. The number of unbranched alkanes of at least 4 members (excludes halogenated alkanes) is 20. The van der Waals surface area contributed by atoms with Crippen molar-refractivity contribution in [2.45, 2.75) is 168 Å². The molecule has 0 aliphatic rings. The van der Waals surface area contributed by atoms with Gasteiger partial charge in [0.25, 0.3) is 0 Å². The molecule has 1 nitrogen and oxygen atoms in total. The molecule has 0 unspecified atom stereocenters. The Morgan fingerprint density at radius 1 is 0.359 bits per heavy atom. The molecular formula is C38H62O. The van der Waals surface area contributed by atoms with Crippen molar-refractivity contribution in [2.24, 2.45) is 0 Å². The summed E-state index contributed by atoms with van der Waals surface area (Å²) in [6.45, 7) is 4.59. The highest BCUT2D eigenvalue weighted by Gasteiger charge is 2.08. The molecule has 0 atom stereocenters. The third kappa shape index (κ3) is 16.8. The molecule has 0 radical (unpaired) electrons. The minimum atomic E-state index is 1.05. The highest BCUT2D eigenvalue weighted by molar-refractivity contribution is 5.41. The highest BCUT2D eigenvalue weighted by atomic mass is 16.5. The van der Waals surface area contributed by atoms with Crippen LogP contribution in [0.5, 0.6) is 11.5 Å². The van der Waals surface area contributed by atoms with Crippen LogP contribution in [0.1, 0.15) is 166 Å². The van der Waals surface area contributed by atoms with Gasteiger partial charge in [-0.3, -0.25) is 0 Å². The molecule has 0 aliphatic carbocycles. The molecule has 0 bridgehead atoms. The lowest BCUT2D eigenvalue weighted by molar-refractivity contribution is 0.466. The van der Waals surface area contributed by atoms with Gasteiger partial charge in [-0.25, -0.2) is 0 Å². The van der Waals surface area contributed by atoms with Crippen LogP contribution in [0.15, 0.2) is 48.5 Å². The van der Waals surface area contributed by atoms with Crippen molar-refractivity contribution in [1.29, 1.82) is 0 Å². The fourth-order valence-electron chi connectivity index (χ4n) is 5.70. The largest absolute Gasteiger partial charge is 0.457 e. The molecule has 0 saturated heterocycles. The number of hydrogen-bond acceptors (Lipinski definition) is 1. The Kier molecular flexibility index (Phi) is 20.6. The van der Waals surface area contributed by atoms with Crippen molar-refractivity contribution in [1.82, 2.24) is 0 Å². The summed E-state index contributed by atoms with van der Waals surface area (Å²) in [5, 5.41) is 0. The first-order valence-electron chi connectivity index (χ1n) is 17.2. The van der Waals surface area contributed by atoms with E-state index in [-0.39, 0.29) is 0 Å². The predicted molar refractivity (Wildman–Crippen MR) is 173 cm³/mol. The van der Waals surface area contributed by atoms with Gasteiger partial charge in [-0.2, -0.15) is 0 Å². The minimum absolute atomic E-state index is 1.05. The monoisotopic (exact) mass is 534 g/mol. The third-order valence-electron chi connectivity index (χ3n) is 8.26. The first-order valence-corrected chi connectivity index (χ1v) is 17.2. The van der Waals surface area contributed by atoms with E-state index in [1.165, 1.54) is 152 Å². The topological polar surface area (TPSA) is 9.23 Å². The van der Waals surface area contributed by atoms with E-state index in [9.17, 15) is 0 Å². The molecule has 220 valence electrons. The maximum atomic E-state index is 6.54. The van der Waals surface area contributed by atoms with Gasteiger partial charge in [0.1, 0.15) is 11.5 Å². The lowest BCUT2D eigenvalue weighted by Gasteiger charge is -2.14. The van der Waals surface area contributed by atoms with Gasteiger partial charge in [0.2, 0.25) is 0 Å². The van der Waals surface area contributed by atoms with Crippen molar-refractivity contribution >= 4 is 0 Å². The fourth-order valence-corrected chi connectivity index (χ4v) is 5.70. The summed E-state index contributed by atoms with van der Waals surface area (Å²) in [5.41, 5.74) is 2.72. The smallest absolute Gasteiger partial charge is 0.130 e. The molecule has 0 N–H and O–H groups in total. The van der Waals surface area contributed by atoms with Crippen LogP contribution in [0.2, 0.25) is 0 Å². The highest BCUT2D eigenvalue weighted by Crippen LogP contribution is 2.30. The Morgan fingerprint density at radius 2 is 0.641 bits per heavy atom. The minimum Gasteiger partial charge on any atom is -0.457 e. The van der Waals surface area contributed by atoms with Crippen molar-refractivity contribution in [3.63, 3.8) is 0 Å². The number of para-hydroxylation sites is 2. The Hall–Kier alpha value is -1.76. The van der Waals surface area contributed by atoms with E-state index >= 15 is 0 Å². The Bertz CT molecular complexity index is 742. The number of aryl methyl sites for hydroxylation is 2. The summed E-state index contributed by atoms with van der Waals surface area (Å²) >= 11 is 0. The van der Waals surface area contributed by atoms with Crippen LogP contribution < -0.4 is 4.74 Å². The second-order valence-corrected chi connectivity index (χ2v) is 11.9. The maximum absolute atomic E-state index is 6.54. The molecular weight excluding hydrogens is 472 g/mol. The third-order valence-corrected chi connectivity index (χ3v) is 8.26. The van der Waals surface area contributed by atoms with Gasteiger partial charge in [-0.05, 0) is 48.9 Å². The van der Waals surface area contributed by atoms with E-state index in [0.717, 1.165) is 24.3 Å². The standard InChI is InChI=1S/C38H62O/c1-3-5-7-9-11-13-15-17-19-21-23-29-35-31-25-27-33-37(35)39-38-34-28-26-32-36(38)30-24-22-20-18-16-14-12-10-8-6-4-2/h25-28,31-34H,3-24,29-30H2,1-2H3. The summed E-state index contributed by atoms with van der Waals surface area (Å²) in [6, 6.07) is 17.4. The number of benzene rings is 2. The number of hydrogen-bond donors (Lipinski definition) is 0. The van der Waals surface area contributed by atoms with E-state index in [1.54, 1.807) is 0 Å². The molecule has 0 amide bonds. The zero-order valence-electron chi connectivity index (χ0n) is 26.0. The molecule has 0 aromatic heterocycles. The van der Waals surface area contributed by atoms with E-state index in [1.807, 2.05) is 0 Å². The summed E-state index contributed by atoms with van der Waals surface area (Å²) in [7, 11) is 0. The zero-order chi connectivity index (χ0) is 27.6. The lowest BCUT2D eigenvalue weighted by atomic mass is 10.0. The Balaban J connectivity index is 1.64. The normalized spacial score (nSPS) is 11.2. The van der Waals surface area contributed by atoms with Crippen molar-refractivity contribution in [2.75, 3.05) is 0 Å². The van der Waals surface area contributed by atoms with Crippen LogP contribution in [-0.2, 0) is 12.8 Å².